The van der Waals surface area contributed by atoms with Crippen LogP contribution in [0.3, 0.4) is 0 Å². The molecule has 9 rings (SSSR count). The first-order valence-electron chi connectivity index (χ1n) is 20.5. The van der Waals surface area contributed by atoms with E-state index in [1.54, 1.807) is 24.3 Å². The molecule has 3 unspecified atom stereocenters. The summed E-state index contributed by atoms with van der Waals surface area (Å²) in [4.78, 5) is 49.6. The highest BCUT2D eigenvalue weighted by atomic mass is 16.8. The molecule has 0 bridgehead atoms. The minimum absolute atomic E-state index is 0.00866. The summed E-state index contributed by atoms with van der Waals surface area (Å²) < 4.78 is 23.5. The van der Waals surface area contributed by atoms with Crippen LogP contribution in [0.2, 0.25) is 0 Å². The Morgan fingerprint density at radius 1 is 0.825 bits per heavy atom. The molecular formula is C47H54N2O8. The van der Waals surface area contributed by atoms with Gasteiger partial charge < -0.3 is 29.6 Å². The third-order valence-electron chi connectivity index (χ3n) is 13.7. The number of rotatable bonds is 10. The fourth-order valence-corrected chi connectivity index (χ4v) is 11.1. The molecule has 10 nitrogen and oxygen atoms in total. The van der Waals surface area contributed by atoms with Crippen LogP contribution in [0.1, 0.15) is 88.2 Å². The van der Waals surface area contributed by atoms with Gasteiger partial charge in [-0.2, -0.15) is 0 Å². The molecule has 0 radical (unpaired) electrons. The Hall–Kier alpha value is -4.80. The fourth-order valence-electron chi connectivity index (χ4n) is 11.1. The maximum absolute atomic E-state index is 13.3. The number of hydrogen-bond acceptors (Lipinski definition) is 8. The van der Waals surface area contributed by atoms with Crippen LogP contribution >= 0.6 is 0 Å². The van der Waals surface area contributed by atoms with Crippen LogP contribution in [0, 0.1) is 22.7 Å². The van der Waals surface area contributed by atoms with Crippen molar-refractivity contribution in [3.63, 3.8) is 0 Å². The van der Waals surface area contributed by atoms with E-state index in [1.807, 2.05) is 73.7 Å². The smallest absolute Gasteiger partial charge is 0.336 e. The van der Waals surface area contributed by atoms with Crippen molar-refractivity contribution in [2.45, 2.75) is 115 Å². The van der Waals surface area contributed by atoms with Crippen LogP contribution < -0.4 is 10.6 Å². The molecule has 0 aromatic heterocycles. The third kappa shape index (κ3) is 7.20. The highest BCUT2D eigenvalue weighted by Gasteiger charge is 2.88. The lowest BCUT2D eigenvalue weighted by molar-refractivity contribution is -0.147. The molecule has 2 saturated heterocycles. The summed E-state index contributed by atoms with van der Waals surface area (Å²) in [7, 11) is 0. The van der Waals surface area contributed by atoms with Gasteiger partial charge in [-0.15, -0.1) is 0 Å². The van der Waals surface area contributed by atoms with Crippen molar-refractivity contribution < 1.29 is 38.1 Å². The standard InChI is InChI=1S/C27H28N2O4.C20H26O4/c1-20(30)33-19-24(17-21-11-5-2-6-12-21)28-27(32)25(18-22-13-7-3-8-14-22)29-26(31)23-15-9-4-10-16-23;1-10-12-14-19(22-14)9-6-11-17(2,3)7-5-8-18(11,4)13(19)15-20(12,23-15)24-16(10)21/h2-16,24-25H,17-19H2,1H3,(H,28,32)(H,29,31);11,13-15H,5-9H2,1-4H3/t;11-,13?,14-,15-,18-,19+,20-/m.1/s1. The van der Waals surface area contributed by atoms with Crippen LogP contribution in [0.4, 0.5) is 0 Å². The predicted molar refractivity (Wildman–Crippen MR) is 213 cm³/mol. The molecule has 5 fully saturated rings. The molecule has 2 amide bonds. The van der Waals surface area contributed by atoms with Crippen molar-refractivity contribution in [1.29, 1.82) is 0 Å². The topological polar surface area (TPSA) is 136 Å². The van der Waals surface area contributed by atoms with Crippen LogP contribution in [-0.4, -0.2) is 66.0 Å². The van der Waals surface area contributed by atoms with Crippen molar-refractivity contribution in [1.82, 2.24) is 10.6 Å². The number of esters is 2. The predicted octanol–water partition coefficient (Wildman–Crippen LogP) is 6.67. The van der Waals surface area contributed by atoms with Gasteiger partial charge in [-0.25, -0.2) is 4.79 Å². The minimum atomic E-state index is -0.796. The largest absolute Gasteiger partial charge is 0.464 e. The Bertz CT molecular complexity index is 2050. The Morgan fingerprint density at radius 3 is 2.11 bits per heavy atom. The fraction of sp³-hybridized carbons (Fsp3) is 0.489. The molecule has 2 N–H and O–H groups in total. The van der Waals surface area contributed by atoms with Crippen molar-refractivity contribution in [2.75, 3.05) is 6.61 Å². The number of amides is 2. The van der Waals surface area contributed by atoms with Crippen LogP contribution in [0.15, 0.2) is 102 Å². The Morgan fingerprint density at radius 2 is 1.46 bits per heavy atom. The second-order valence-electron chi connectivity index (χ2n) is 17.8. The van der Waals surface area contributed by atoms with E-state index in [0.717, 1.165) is 28.7 Å². The molecule has 3 saturated carbocycles. The number of carbonyl (C=O) groups excluding carboxylic acids is 4. The van der Waals surface area contributed by atoms with Crippen molar-refractivity contribution >= 4 is 23.8 Å². The summed E-state index contributed by atoms with van der Waals surface area (Å²) in [5.41, 5.74) is 4.66. The second-order valence-corrected chi connectivity index (χ2v) is 17.8. The Balaban J connectivity index is 0.000000166. The normalized spacial score (nSPS) is 31.8. The maximum atomic E-state index is 13.3. The number of nitrogens with one attached hydrogen (secondary N) is 2. The van der Waals surface area contributed by atoms with E-state index in [0.29, 0.717) is 35.7 Å². The van der Waals surface area contributed by atoms with E-state index >= 15 is 0 Å². The van der Waals surface area contributed by atoms with E-state index in [4.69, 9.17) is 18.9 Å². The minimum Gasteiger partial charge on any atom is -0.464 e. The van der Waals surface area contributed by atoms with Gasteiger partial charge in [0.05, 0.1) is 6.04 Å². The SMILES string of the molecule is CC(=O)OCC(Cc1ccccc1)NC(=O)C(Cc1ccccc1)NC(=O)c1ccccc1.CC1=C2[C@H]3O[C@]34CC[C@@H]3C(C)(C)CCC[C@@]3(C)C4[C@H]3O[C@@]23OC1=O. The molecule has 300 valence electrons. The molecule has 6 aliphatic rings. The molecule has 57 heavy (non-hydrogen) atoms. The van der Waals surface area contributed by atoms with Crippen molar-refractivity contribution in [3.05, 3.63) is 119 Å². The number of fused-ring (bicyclic) bond motifs is 4. The molecule has 3 aromatic carbocycles. The van der Waals surface area contributed by atoms with Gasteiger partial charge in [0.15, 0.2) is 0 Å². The van der Waals surface area contributed by atoms with Gasteiger partial charge in [-0.3, -0.25) is 14.4 Å². The zero-order valence-corrected chi connectivity index (χ0v) is 33.5. The zero-order chi connectivity index (χ0) is 40.2. The highest BCUT2D eigenvalue weighted by Crippen LogP contribution is 2.77. The summed E-state index contributed by atoms with van der Waals surface area (Å²) in [6.07, 6.45) is 7.05. The number of epoxide rings is 2. The Labute approximate surface area is 335 Å². The number of carbonyl (C=O) groups is 4. The third-order valence-corrected chi connectivity index (χ3v) is 13.7. The highest BCUT2D eigenvalue weighted by molar-refractivity contribution is 5.97. The lowest BCUT2D eigenvalue weighted by Crippen LogP contribution is -2.59. The lowest BCUT2D eigenvalue weighted by atomic mass is 9.44. The first-order valence-corrected chi connectivity index (χ1v) is 20.5. The summed E-state index contributed by atoms with van der Waals surface area (Å²) >= 11 is 0. The second kappa shape index (κ2) is 14.9. The van der Waals surface area contributed by atoms with Gasteiger partial charge >= 0.3 is 11.9 Å². The maximum Gasteiger partial charge on any atom is 0.336 e. The van der Waals surface area contributed by atoms with E-state index in [9.17, 15) is 19.2 Å². The van der Waals surface area contributed by atoms with Gasteiger partial charge in [0.1, 0.15) is 30.5 Å². The quantitative estimate of drug-likeness (QED) is 0.172. The number of benzene rings is 3. The molecular weight excluding hydrogens is 721 g/mol. The molecule has 3 heterocycles. The van der Waals surface area contributed by atoms with E-state index in [1.165, 1.54) is 32.6 Å². The average molecular weight is 775 g/mol. The zero-order valence-electron chi connectivity index (χ0n) is 33.5. The van der Waals surface area contributed by atoms with E-state index in [-0.39, 0.29) is 47.6 Å². The first-order chi connectivity index (χ1) is 27.3. The number of ether oxygens (including phenoxy) is 4. The molecule has 3 aromatic rings. The van der Waals surface area contributed by atoms with E-state index in [2.05, 4.69) is 31.4 Å². The summed E-state index contributed by atoms with van der Waals surface area (Å²) in [5, 5.41) is 5.82. The van der Waals surface area contributed by atoms with Crippen LogP contribution in [-0.2, 0) is 46.2 Å². The van der Waals surface area contributed by atoms with Gasteiger partial charge in [-0.05, 0) is 79.0 Å². The summed E-state index contributed by atoms with van der Waals surface area (Å²) in [5.74, 6) is -0.992. The van der Waals surface area contributed by atoms with Gasteiger partial charge in [0.25, 0.3) is 11.7 Å². The van der Waals surface area contributed by atoms with Crippen molar-refractivity contribution in [2.24, 2.45) is 22.7 Å². The molecule has 9 atom stereocenters. The lowest BCUT2D eigenvalue weighted by Gasteiger charge is -2.59. The molecule has 3 aliphatic heterocycles. The number of hydrogen-bond donors (Lipinski definition) is 2. The van der Waals surface area contributed by atoms with Crippen LogP contribution in [0.25, 0.3) is 0 Å². The summed E-state index contributed by atoms with van der Waals surface area (Å²) in [6.45, 7) is 10.6. The molecule has 10 heteroatoms. The average Bonchev–Trinajstić information content (AvgIpc) is 4.07. The van der Waals surface area contributed by atoms with Crippen LogP contribution in [0.5, 0.6) is 0 Å². The molecule has 2 spiro atoms. The summed E-state index contributed by atoms with van der Waals surface area (Å²) in [6, 6.07) is 26.7. The van der Waals surface area contributed by atoms with E-state index < -0.39 is 23.8 Å². The van der Waals surface area contributed by atoms with Gasteiger partial charge in [0.2, 0.25) is 5.91 Å². The monoisotopic (exact) mass is 774 g/mol. The molecule has 3 aliphatic carbocycles. The van der Waals surface area contributed by atoms with Gasteiger partial charge in [0, 0.05) is 36.0 Å². The first kappa shape index (κ1) is 39.0. The Kier molecular flexibility index (Phi) is 10.2. The van der Waals surface area contributed by atoms with Crippen molar-refractivity contribution in [3.8, 4) is 0 Å². The van der Waals surface area contributed by atoms with Gasteiger partial charge in [-0.1, -0.05) is 106 Å².